The van der Waals surface area contributed by atoms with E-state index in [0.717, 1.165) is 22.0 Å². The average molecular weight is 368 g/mol. The SMILES string of the molecule is COc1cccc(C(=O)NCCc2csc(-c3cccc(OC)c3)n2)c1. The Hall–Kier alpha value is -2.86. The Morgan fingerprint density at radius 3 is 2.58 bits per heavy atom. The molecule has 0 aliphatic carbocycles. The summed E-state index contributed by atoms with van der Waals surface area (Å²) in [5.41, 5.74) is 2.57. The summed E-state index contributed by atoms with van der Waals surface area (Å²) in [5.74, 6) is 1.36. The summed E-state index contributed by atoms with van der Waals surface area (Å²) in [4.78, 5) is 16.8. The van der Waals surface area contributed by atoms with Gasteiger partial charge in [-0.25, -0.2) is 4.98 Å². The molecule has 134 valence electrons. The second-order valence-electron chi connectivity index (χ2n) is 5.61. The fraction of sp³-hybridized carbons (Fsp3) is 0.200. The van der Waals surface area contributed by atoms with E-state index in [1.165, 1.54) is 0 Å². The Kier molecular flexibility index (Phi) is 5.86. The summed E-state index contributed by atoms with van der Waals surface area (Å²) >= 11 is 1.59. The first-order valence-electron chi connectivity index (χ1n) is 8.20. The van der Waals surface area contributed by atoms with Gasteiger partial charge in [0.1, 0.15) is 16.5 Å². The number of amides is 1. The maximum atomic E-state index is 12.2. The predicted molar refractivity (Wildman–Crippen MR) is 103 cm³/mol. The number of nitrogens with zero attached hydrogens (tertiary/aromatic N) is 1. The van der Waals surface area contributed by atoms with Crippen LogP contribution in [-0.4, -0.2) is 31.7 Å². The van der Waals surface area contributed by atoms with Crippen LogP contribution in [-0.2, 0) is 6.42 Å². The summed E-state index contributed by atoms with van der Waals surface area (Å²) in [6.07, 6.45) is 0.677. The number of thiazole rings is 1. The van der Waals surface area contributed by atoms with E-state index in [0.29, 0.717) is 24.3 Å². The summed E-state index contributed by atoms with van der Waals surface area (Å²) in [5, 5.41) is 5.88. The highest BCUT2D eigenvalue weighted by atomic mass is 32.1. The zero-order valence-electron chi connectivity index (χ0n) is 14.7. The van der Waals surface area contributed by atoms with E-state index in [2.05, 4.69) is 10.3 Å². The third-order valence-electron chi connectivity index (χ3n) is 3.87. The highest BCUT2D eigenvalue weighted by Gasteiger charge is 2.08. The summed E-state index contributed by atoms with van der Waals surface area (Å²) in [6.45, 7) is 0.525. The smallest absolute Gasteiger partial charge is 0.251 e. The van der Waals surface area contributed by atoms with Gasteiger partial charge in [-0.15, -0.1) is 11.3 Å². The zero-order valence-corrected chi connectivity index (χ0v) is 15.5. The van der Waals surface area contributed by atoms with E-state index in [4.69, 9.17) is 9.47 Å². The van der Waals surface area contributed by atoms with Crippen molar-refractivity contribution in [1.82, 2.24) is 10.3 Å². The van der Waals surface area contributed by atoms with Crippen LogP contribution in [0.25, 0.3) is 10.6 Å². The molecule has 1 aromatic heterocycles. The number of carbonyl (C=O) groups excluding carboxylic acids is 1. The molecule has 0 saturated heterocycles. The molecule has 0 atom stereocenters. The van der Waals surface area contributed by atoms with Crippen LogP contribution in [0.4, 0.5) is 0 Å². The molecule has 5 nitrogen and oxygen atoms in total. The number of carbonyl (C=O) groups is 1. The van der Waals surface area contributed by atoms with Crippen LogP contribution >= 0.6 is 11.3 Å². The largest absolute Gasteiger partial charge is 0.497 e. The van der Waals surface area contributed by atoms with Crippen LogP contribution in [0.1, 0.15) is 16.1 Å². The van der Waals surface area contributed by atoms with Gasteiger partial charge in [0.2, 0.25) is 0 Å². The van der Waals surface area contributed by atoms with Crippen molar-refractivity contribution in [3.8, 4) is 22.1 Å². The van der Waals surface area contributed by atoms with Crippen molar-refractivity contribution in [2.45, 2.75) is 6.42 Å². The minimum atomic E-state index is -0.118. The van der Waals surface area contributed by atoms with E-state index in [-0.39, 0.29) is 5.91 Å². The van der Waals surface area contributed by atoms with Gasteiger partial charge in [-0.05, 0) is 30.3 Å². The van der Waals surface area contributed by atoms with Gasteiger partial charge in [0.05, 0.1) is 19.9 Å². The van der Waals surface area contributed by atoms with Gasteiger partial charge in [-0.3, -0.25) is 4.79 Å². The molecule has 2 aromatic carbocycles. The lowest BCUT2D eigenvalue weighted by atomic mass is 10.2. The van der Waals surface area contributed by atoms with Gasteiger partial charge >= 0.3 is 0 Å². The third kappa shape index (κ3) is 4.40. The lowest BCUT2D eigenvalue weighted by Gasteiger charge is -2.06. The lowest BCUT2D eigenvalue weighted by molar-refractivity contribution is 0.0953. The highest BCUT2D eigenvalue weighted by Crippen LogP contribution is 2.26. The molecule has 0 aliphatic heterocycles. The number of benzene rings is 2. The van der Waals surface area contributed by atoms with Crippen LogP contribution in [0.5, 0.6) is 11.5 Å². The Balaban J connectivity index is 1.57. The van der Waals surface area contributed by atoms with Crippen molar-refractivity contribution in [1.29, 1.82) is 0 Å². The first-order valence-corrected chi connectivity index (χ1v) is 9.08. The van der Waals surface area contributed by atoms with E-state index in [9.17, 15) is 4.79 Å². The Morgan fingerprint density at radius 2 is 1.81 bits per heavy atom. The van der Waals surface area contributed by atoms with Crippen LogP contribution in [0.3, 0.4) is 0 Å². The number of nitrogens with one attached hydrogen (secondary N) is 1. The monoisotopic (exact) mass is 368 g/mol. The van der Waals surface area contributed by atoms with Gasteiger partial charge in [-0.2, -0.15) is 0 Å². The molecule has 0 fully saturated rings. The number of methoxy groups -OCH3 is 2. The molecule has 0 saturated carbocycles. The molecule has 1 N–H and O–H groups in total. The predicted octanol–water partition coefficient (Wildman–Crippen LogP) is 3.80. The Labute approximate surface area is 156 Å². The summed E-state index contributed by atoms with van der Waals surface area (Å²) < 4.78 is 10.4. The van der Waals surface area contributed by atoms with Crippen molar-refractivity contribution in [3.05, 3.63) is 65.2 Å². The van der Waals surface area contributed by atoms with Gasteiger partial charge < -0.3 is 14.8 Å². The standard InChI is InChI=1S/C20H20N2O3S/c1-24-17-7-3-5-14(11-17)19(23)21-10-9-16-13-26-20(22-16)15-6-4-8-18(12-15)25-2/h3-8,11-13H,9-10H2,1-2H3,(H,21,23). The zero-order chi connectivity index (χ0) is 18.4. The van der Waals surface area contributed by atoms with Crippen molar-refractivity contribution >= 4 is 17.2 Å². The first-order chi connectivity index (χ1) is 12.7. The second-order valence-corrected chi connectivity index (χ2v) is 6.47. The first kappa shape index (κ1) is 17.9. The maximum absolute atomic E-state index is 12.2. The summed E-state index contributed by atoms with van der Waals surface area (Å²) in [6, 6.07) is 14.9. The fourth-order valence-electron chi connectivity index (χ4n) is 2.48. The molecule has 0 spiro atoms. The molecule has 3 aromatic rings. The average Bonchev–Trinajstić information content (AvgIpc) is 3.17. The van der Waals surface area contributed by atoms with Crippen molar-refractivity contribution in [2.24, 2.45) is 0 Å². The number of rotatable bonds is 7. The second kappa shape index (κ2) is 8.49. The Bertz CT molecular complexity index is 892. The van der Waals surface area contributed by atoms with Crippen molar-refractivity contribution in [2.75, 3.05) is 20.8 Å². The van der Waals surface area contributed by atoms with Crippen molar-refractivity contribution in [3.63, 3.8) is 0 Å². The molecule has 1 amide bonds. The topological polar surface area (TPSA) is 60.5 Å². The molecule has 0 bridgehead atoms. The van der Waals surface area contributed by atoms with Gasteiger partial charge in [-0.1, -0.05) is 18.2 Å². The number of hydrogen-bond donors (Lipinski definition) is 1. The van der Waals surface area contributed by atoms with Crippen LogP contribution in [0.2, 0.25) is 0 Å². The van der Waals surface area contributed by atoms with Gasteiger partial charge in [0.15, 0.2) is 0 Å². The maximum Gasteiger partial charge on any atom is 0.251 e. The van der Waals surface area contributed by atoms with E-state index < -0.39 is 0 Å². The molecule has 26 heavy (non-hydrogen) atoms. The van der Waals surface area contributed by atoms with Crippen molar-refractivity contribution < 1.29 is 14.3 Å². The minimum absolute atomic E-state index is 0.118. The van der Waals surface area contributed by atoms with Crippen LogP contribution < -0.4 is 14.8 Å². The van der Waals surface area contributed by atoms with Crippen LogP contribution in [0.15, 0.2) is 53.9 Å². The number of ether oxygens (including phenoxy) is 2. The summed E-state index contributed by atoms with van der Waals surface area (Å²) in [7, 11) is 3.23. The van der Waals surface area contributed by atoms with E-state index >= 15 is 0 Å². The number of aromatic nitrogens is 1. The normalized spacial score (nSPS) is 10.4. The van der Waals surface area contributed by atoms with Gasteiger partial charge in [0.25, 0.3) is 5.91 Å². The molecule has 3 rings (SSSR count). The fourth-order valence-corrected chi connectivity index (χ4v) is 3.33. The molecule has 1 heterocycles. The molecule has 0 radical (unpaired) electrons. The molecule has 0 unspecified atom stereocenters. The number of hydrogen-bond acceptors (Lipinski definition) is 5. The molecule has 6 heteroatoms. The molecular formula is C20H20N2O3S. The highest BCUT2D eigenvalue weighted by molar-refractivity contribution is 7.13. The molecular weight excluding hydrogens is 348 g/mol. The molecule has 0 aliphatic rings. The minimum Gasteiger partial charge on any atom is -0.497 e. The Morgan fingerprint density at radius 1 is 1.08 bits per heavy atom. The van der Waals surface area contributed by atoms with E-state index in [1.54, 1.807) is 43.8 Å². The lowest BCUT2D eigenvalue weighted by Crippen LogP contribution is -2.25. The van der Waals surface area contributed by atoms with Gasteiger partial charge in [0, 0.05) is 29.5 Å². The quantitative estimate of drug-likeness (QED) is 0.689. The van der Waals surface area contributed by atoms with Crippen LogP contribution in [0, 0.1) is 0 Å². The van der Waals surface area contributed by atoms with E-state index in [1.807, 2.05) is 35.7 Å². The third-order valence-corrected chi connectivity index (χ3v) is 4.81.